The average molecular weight is 311 g/mol. The maximum atomic E-state index is 12.7. The number of nitrogens with two attached hydrogens (primary N) is 2. The molecule has 7 heteroatoms. The van der Waals surface area contributed by atoms with Gasteiger partial charge in [0.1, 0.15) is 0 Å². The van der Waals surface area contributed by atoms with Crippen molar-refractivity contribution in [3.63, 3.8) is 0 Å². The molecule has 4 N–H and O–H groups in total. The average Bonchev–Trinajstić information content (AvgIpc) is 2.46. The molecule has 116 valence electrons. The van der Waals surface area contributed by atoms with Gasteiger partial charge in [-0.1, -0.05) is 12.1 Å². The van der Waals surface area contributed by atoms with Crippen LogP contribution in [0.15, 0.2) is 23.1 Å². The van der Waals surface area contributed by atoms with Crippen LogP contribution in [0, 0.1) is 12.8 Å². The Labute approximate surface area is 125 Å². The number of hydrogen-bond donors (Lipinski definition) is 2. The van der Waals surface area contributed by atoms with E-state index in [9.17, 15) is 13.2 Å². The van der Waals surface area contributed by atoms with Crippen molar-refractivity contribution in [2.45, 2.75) is 31.2 Å². The van der Waals surface area contributed by atoms with Crippen LogP contribution >= 0.6 is 0 Å². The van der Waals surface area contributed by atoms with E-state index < -0.39 is 21.8 Å². The van der Waals surface area contributed by atoms with Gasteiger partial charge >= 0.3 is 0 Å². The minimum atomic E-state index is -3.60. The number of aryl methyl sites for hydroxylation is 1. The topological polar surface area (TPSA) is 106 Å². The summed E-state index contributed by atoms with van der Waals surface area (Å²) in [7, 11) is -3.60. The molecule has 1 aliphatic rings. The summed E-state index contributed by atoms with van der Waals surface area (Å²) in [4.78, 5) is 11.6. The van der Waals surface area contributed by atoms with Crippen LogP contribution in [0.2, 0.25) is 0 Å². The lowest BCUT2D eigenvalue weighted by Gasteiger charge is -2.30. The maximum absolute atomic E-state index is 12.7. The molecule has 21 heavy (non-hydrogen) atoms. The molecule has 0 saturated carbocycles. The first kappa shape index (κ1) is 15.9. The number of piperidine rings is 1. The van der Waals surface area contributed by atoms with Gasteiger partial charge in [-0.15, -0.1) is 0 Å². The van der Waals surface area contributed by atoms with Crippen molar-refractivity contribution in [1.82, 2.24) is 4.31 Å². The van der Waals surface area contributed by atoms with Gasteiger partial charge in [0, 0.05) is 19.6 Å². The van der Waals surface area contributed by atoms with Gasteiger partial charge in [0.15, 0.2) is 0 Å². The normalized spacial score (nSPS) is 20.4. The second-order valence-corrected chi connectivity index (χ2v) is 7.31. The van der Waals surface area contributed by atoms with E-state index >= 15 is 0 Å². The van der Waals surface area contributed by atoms with Gasteiger partial charge in [0.05, 0.1) is 10.8 Å². The number of primary amides is 1. The Balaban J connectivity index is 2.31. The summed E-state index contributed by atoms with van der Waals surface area (Å²) in [5.74, 6) is -0.845. The maximum Gasteiger partial charge on any atom is 0.243 e. The van der Waals surface area contributed by atoms with E-state index in [2.05, 4.69) is 0 Å². The lowest BCUT2D eigenvalue weighted by atomic mass is 9.99. The highest BCUT2D eigenvalue weighted by molar-refractivity contribution is 7.89. The molecule has 1 heterocycles. The summed E-state index contributed by atoms with van der Waals surface area (Å²) in [5, 5.41) is 0. The second-order valence-electron chi connectivity index (χ2n) is 5.41. The monoisotopic (exact) mass is 311 g/mol. The zero-order valence-corrected chi connectivity index (χ0v) is 12.9. The Morgan fingerprint density at radius 3 is 2.71 bits per heavy atom. The first-order valence-electron chi connectivity index (χ1n) is 6.95. The van der Waals surface area contributed by atoms with Crippen molar-refractivity contribution in [3.8, 4) is 0 Å². The second kappa shape index (κ2) is 6.13. The summed E-state index contributed by atoms with van der Waals surface area (Å²) < 4.78 is 26.8. The van der Waals surface area contributed by atoms with Crippen LogP contribution in [0.4, 0.5) is 0 Å². The van der Waals surface area contributed by atoms with Crippen molar-refractivity contribution in [2.75, 3.05) is 13.1 Å². The zero-order chi connectivity index (χ0) is 15.6. The van der Waals surface area contributed by atoms with Crippen LogP contribution in [0.5, 0.6) is 0 Å². The lowest BCUT2D eigenvalue weighted by Crippen LogP contribution is -2.44. The van der Waals surface area contributed by atoms with E-state index in [1.165, 1.54) is 4.31 Å². The van der Waals surface area contributed by atoms with E-state index in [1.807, 2.05) is 0 Å². The van der Waals surface area contributed by atoms with Gasteiger partial charge in [-0.3, -0.25) is 4.79 Å². The number of hydrogen-bond acceptors (Lipinski definition) is 4. The Kier molecular flexibility index (Phi) is 4.65. The molecule has 0 aromatic heterocycles. The number of sulfonamides is 1. The Morgan fingerprint density at radius 1 is 1.43 bits per heavy atom. The highest BCUT2D eigenvalue weighted by Gasteiger charge is 2.33. The summed E-state index contributed by atoms with van der Waals surface area (Å²) >= 11 is 0. The zero-order valence-electron chi connectivity index (χ0n) is 12.1. The fourth-order valence-corrected chi connectivity index (χ4v) is 4.39. The molecule has 0 spiro atoms. The number of rotatable bonds is 4. The molecule has 1 atom stereocenters. The summed E-state index contributed by atoms with van der Waals surface area (Å²) in [6, 6.07) is 5.08. The van der Waals surface area contributed by atoms with Crippen LogP contribution < -0.4 is 11.5 Å². The molecule has 2 rings (SSSR count). The van der Waals surface area contributed by atoms with Crippen molar-refractivity contribution < 1.29 is 13.2 Å². The number of carbonyl (C=O) groups excluding carboxylic acids is 1. The largest absolute Gasteiger partial charge is 0.369 e. The molecule has 1 aromatic carbocycles. The molecule has 1 unspecified atom stereocenters. The third-order valence-corrected chi connectivity index (χ3v) is 5.90. The molecule has 1 aliphatic heterocycles. The summed E-state index contributed by atoms with van der Waals surface area (Å²) in [5.41, 5.74) is 12.4. The van der Waals surface area contributed by atoms with E-state index in [0.29, 0.717) is 31.5 Å². The standard InChI is InChI=1S/C14H21N3O3S/c1-10-7-11(8-15)4-5-13(10)21(19,20)17-6-2-3-12(9-17)14(16)18/h4-5,7,12H,2-3,6,8-9,15H2,1H3,(H2,16,18). The Hall–Kier alpha value is -1.44. The molecule has 0 radical (unpaired) electrons. The first-order chi connectivity index (χ1) is 9.86. The highest BCUT2D eigenvalue weighted by atomic mass is 32.2. The molecule has 6 nitrogen and oxygen atoms in total. The SMILES string of the molecule is Cc1cc(CN)ccc1S(=O)(=O)N1CCCC(C(N)=O)C1. The minimum Gasteiger partial charge on any atom is -0.369 e. The molecule has 1 aromatic rings. The fraction of sp³-hybridized carbons (Fsp3) is 0.500. The number of amides is 1. The molecule has 0 bridgehead atoms. The number of benzene rings is 1. The summed E-state index contributed by atoms with van der Waals surface area (Å²) in [6.07, 6.45) is 1.29. The molecular formula is C14H21N3O3S. The third kappa shape index (κ3) is 3.25. The van der Waals surface area contributed by atoms with Gasteiger partial charge in [-0.25, -0.2) is 8.42 Å². The van der Waals surface area contributed by atoms with Crippen LogP contribution in [-0.2, 0) is 21.4 Å². The van der Waals surface area contributed by atoms with E-state index in [1.54, 1.807) is 25.1 Å². The smallest absolute Gasteiger partial charge is 0.243 e. The van der Waals surface area contributed by atoms with Gasteiger partial charge < -0.3 is 11.5 Å². The van der Waals surface area contributed by atoms with E-state index in [0.717, 1.165) is 5.56 Å². The predicted octanol–water partition coefficient (Wildman–Crippen LogP) is 0.340. The number of carbonyl (C=O) groups is 1. The van der Waals surface area contributed by atoms with Crippen molar-refractivity contribution in [2.24, 2.45) is 17.4 Å². The first-order valence-corrected chi connectivity index (χ1v) is 8.39. The number of nitrogens with zero attached hydrogens (tertiary/aromatic N) is 1. The Morgan fingerprint density at radius 2 is 2.14 bits per heavy atom. The van der Waals surface area contributed by atoms with Crippen molar-refractivity contribution >= 4 is 15.9 Å². The van der Waals surface area contributed by atoms with Crippen LogP contribution in [0.1, 0.15) is 24.0 Å². The van der Waals surface area contributed by atoms with Gasteiger partial charge in [-0.2, -0.15) is 4.31 Å². The summed E-state index contributed by atoms with van der Waals surface area (Å²) in [6.45, 7) is 2.70. The molecule has 1 saturated heterocycles. The van der Waals surface area contributed by atoms with Crippen molar-refractivity contribution in [3.05, 3.63) is 29.3 Å². The minimum absolute atomic E-state index is 0.162. The van der Waals surface area contributed by atoms with Crippen molar-refractivity contribution in [1.29, 1.82) is 0 Å². The predicted molar refractivity (Wildman–Crippen MR) is 79.7 cm³/mol. The molecule has 1 fully saturated rings. The van der Waals surface area contributed by atoms with Crippen LogP contribution in [0.3, 0.4) is 0 Å². The fourth-order valence-electron chi connectivity index (χ4n) is 2.66. The molecular weight excluding hydrogens is 290 g/mol. The highest BCUT2D eigenvalue weighted by Crippen LogP contribution is 2.26. The van der Waals surface area contributed by atoms with Gasteiger partial charge in [-0.05, 0) is 37.0 Å². The quantitative estimate of drug-likeness (QED) is 0.836. The van der Waals surface area contributed by atoms with E-state index in [-0.39, 0.29) is 11.4 Å². The van der Waals surface area contributed by atoms with Gasteiger partial charge in [0.25, 0.3) is 0 Å². The van der Waals surface area contributed by atoms with Crippen LogP contribution in [0.25, 0.3) is 0 Å². The van der Waals surface area contributed by atoms with Gasteiger partial charge in [0.2, 0.25) is 15.9 Å². The Bertz CT molecular complexity index is 643. The lowest BCUT2D eigenvalue weighted by molar-refractivity contribution is -0.122. The molecule has 0 aliphatic carbocycles. The van der Waals surface area contributed by atoms with Crippen LogP contribution in [-0.4, -0.2) is 31.7 Å². The van der Waals surface area contributed by atoms with E-state index in [4.69, 9.17) is 11.5 Å². The third-order valence-electron chi connectivity index (χ3n) is 3.88. The molecule has 1 amide bonds.